The lowest BCUT2D eigenvalue weighted by atomic mass is 10.0. The van der Waals surface area contributed by atoms with Gasteiger partial charge in [0.15, 0.2) is 0 Å². The molecule has 0 atom stereocenters. The van der Waals surface area contributed by atoms with Gasteiger partial charge in [-0.3, -0.25) is 4.79 Å². The average Bonchev–Trinajstić information content (AvgIpc) is 3.26. The summed E-state index contributed by atoms with van der Waals surface area (Å²) in [6.45, 7) is 2.82. The van der Waals surface area contributed by atoms with Crippen molar-refractivity contribution >= 4 is 28.0 Å². The van der Waals surface area contributed by atoms with E-state index in [9.17, 15) is 4.79 Å². The van der Waals surface area contributed by atoms with Gasteiger partial charge in [0, 0.05) is 18.1 Å². The molecule has 1 amide bonds. The minimum absolute atomic E-state index is 0.159. The molecule has 29 heavy (non-hydrogen) atoms. The number of ether oxygens (including phenoxy) is 2. The summed E-state index contributed by atoms with van der Waals surface area (Å²) in [6, 6.07) is 19.2. The van der Waals surface area contributed by atoms with Crippen LogP contribution in [0.2, 0.25) is 0 Å². The van der Waals surface area contributed by atoms with Crippen LogP contribution in [-0.2, 0) is 6.54 Å². The highest BCUT2D eigenvalue weighted by molar-refractivity contribution is 7.11. The van der Waals surface area contributed by atoms with Gasteiger partial charge >= 0.3 is 0 Å². The number of fused-ring (bicyclic) bond motifs is 1. The first-order valence-electron chi connectivity index (χ1n) is 9.33. The molecule has 0 saturated heterocycles. The molecular formula is C23H20N2O3S. The molecule has 0 bridgehead atoms. The van der Waals surface area contributed by atoms with Crippen LogP contribution in [0.3, 0.4) is 0 Å². The second-order valence-corrected chi connectivity index (χ2v) is 7.18. The van der Waals surface area contributed by atoms with E-state index in [2.05, 4.69) is 10.3 Å². The van der Waals surface area contributed by atoms with Crippen LogP contribution < -0.4 is 14.8 Å². The van der Waals surface area contributed by atoms with Crippen molar-refractivity contribution in [1.82, 2.24) is 10.3 Å². The minimum Gasteiger partial charge on any atom is -0.493 e. The lowest BCUT2D eigenvalue weighted by Crippen LogP contribution is -2.23. The molecule has 146 valence electrons. The SMILES string of the molecule is CCOc1ccc2ccccc2c1C(=O)NCc1ccc(Oc2nccs2)cc1. The van der Waals surface area contributed by atoms with Gasteiger partial charge in [-0.15, -0.1) is 0 Å². The highest BCUT2D eigenvalue weighted by Gasteiger charge is 2.16. The van der Waals surface area contributed by atoms with E-state index in [1.54, 1.807) is 6.20 Å². The van der Waals surface area contributed by atoms with Crippen molar-refractivity contribution < 1.29 is 14.3 Å². The molecule has 0 aliphatic rings. The fourth-order valence-electron chi connectivity index (χ4n) is 3.07. The summed E-state index contributed by atoms with van der Waals surface area (Å²) in [5.74, 6) is 1.15. The smallest absolute Gasteiger partial charge is 0.278 e. The van der Waals surface area contributed by atoms with Gasteiger partial charge in [-0.05, 0) is 41.5 Å². The predicted molar refractivity (Wildman–Crippen MR) is 115 cm³/mol. The molecular weight excluding hydrogens is 384 g/mol. The number of nitrogens with zero attached hydrogens (tertiary/aromatic N) is 1. The van der Waals surface area contributed by atoms with Gasteiger partial charge in [0.05, 0.1) is 12.2 Å². The summed E-state index contributed by atoms with van der Waals surface area (Å²) in [5, 5.41) is 7.35. The van der Waals surface area contributed by atoms with Crippen molar-refractivity contribution in [2.45, 2.75) is 13.5 Å². The summed E-state index contributed by atoms with van der Waals surface area (Å²) in [5.41, 5.74) is 1.54. The number of hydrogen-bond donors (Lipinski definition) is 1. The third-order valence-electron chi connectivity index (χ3n) is 4.41. The predicted octanol–water partition coefficient (Wildman–Crippen LogP) is 5.42. The van der Waals surface area contributed by atoms with Crippen molar-refractivity contribution in [2.24, 2.45) is 0 Å². The molecule has 0 spiro atoms. The van der Waals surface area contributed by atoms with E-state index in [0.29, 0.717) is 35.4 Å². The largest absolute Gasteiger partial charge is 0.493 e. The monoisotopic (exact) mass is 404 g/mol. The summed E-state index contributed by atoms with van der Waals surface area (Å²) in [6.07, 6.45) is 1.70. The number of benzene rings is 3. The number of aromatic nitrogens is 1. The maximum atomic E-state index is 13.0. The molecule has 0 radical (unpaired) electrons. The number of rotatable bonds is 7. The second-order valence-electron chi connectivity index (χ2n) is 6.32. The Hall–Kier alpha value is -3.38. The Morgan fingerprint density at radius 1 is 1.07 bits per heavy atom. The van der Waals surface area contributed by atoms with E-state index < -0.39 is 0 Å². The summed E-state index contributed by atoms with van der Waals surface area (Å²) < 4.78 is 11.4. The maximum absolute atomic E-state index is 13.0. The third-order valence-corrected chi connectivity index (χ3v) is 5.06. The lowest BCUT2D eigenvalue weighted by molar-refractivity contribution is 0.0949. The first-order chi connectivity index (χ1) is 14.2. The van der Waals surface area contributed by atoms with Gasteiger partial charge in [0.25, 0.3) is 11.1 Å². The van der Waals surface area contributed by atoms with Crippen LogP contribution in [0.1, 0.15) is 22.8 Å². The fraction of sp³-hybridized carbons (Fsp3) is 0.130. The molecule has 4 rings (SSSR count). The van der Waals surface area contributed by atoms with Gasteiger partial charge in [0.1, 0.15) is 11.5 Å². The van der Waals surface area contributed by atoms with Crippen molar-refractivity contribution in [3.63, 3.8) is 0 Å². The molecule has 1 heterocycles. The van der Waals surface area contributed by atoms with Crippen molar-refractivity contribution in [1.29, 1.82) is 0 Å². The van der Waals surface area contributed by atoms with Gasteiger partial charge in [-0.1, -0.05) is 53.8 Å². The highest BCUT2D eigenvalue weighted by Crippen LogP contribution is 2.28. The van der Waals surface area contributed by atoms with Crippen LogP contribution >= 0.6 is 11.3 Å². The molecule has 1 N–H and O–H groups in total. The molecule has 0 saturated carbocycles. The normalized spacial score (nSPS) is 10.7. The first kappa shape index (κ1) is 19.0. The molecule has 5 nitrogen and oxygen atoms in total. The molecule has 1 aromatic heterocycles. The first-order valence-corrected chi connectivity index (χ1v) is 10.2. The van der Waals surface area contributed by atoms with Crippen molar-refractivity contribution in [3.05, 3.63) is 83.4 Å². The molecule has 0 fully saturated rings. The Kier molecular flexibility index (Phi) is 5.72. The van der Waals surface area contributed by atoms with E-state index in [1.807, 2.05) is 73.0 Å². The van der Waals surface area contributed by atoms with E-state index in [-0.39, 0.29) is 5.91 Å². The van der Waals surface area contributed by atoms with E-state index in [0.717, 1.165) is 16.3 Å². The number of carbonyl (C=O) groups excluding carboxylic acids is 1. The third kappa shape index (κ3) is 4.38. The number of hydrogen-bond acceptors (Lipinski definition) is 5. The Bertz CT molecular complexity index is 1110. The van der Waals surface area contributed by atoms with Gasteiger partial charge in [0.2, 0.25) is 0 Å². The molecule has 6 heteroatoms. The van der Waals surface area contributed by atoms with E-state index >= 15 is 0 Å². The Morgan fingerprint density at radius 3 is 2.66 bits per heavy atom. The van der Waals surface area contributed by atoms with Crippen LogP contribution in [0.5, 0.6) is 16.7 Å². The molecule has 0 unspecified atom stereocenters. The number of carbonyl (C=O) groups is 1. The van der Waals surface area contributed by atoms with E-state index in [4.69, 9.17) is 9.47 Å². The topological polar surface area (TPSA) is 60.5 Å². The number of amides is 1. The average molecular weight is 404 g/mol. The molecule has 3 aromatic carbocycles. The molecule has 4 aromatic rings. The standard InChI is InChI=1S/C23H20N2O3S/c1-2-27-20-12-9-17-5-3-4-6-19(17)21(20)22(26)25-15-16-7-10-18(11-8-16)28-23-24-13-14-29-23/h3-14H,2,15H2,1H3,(H,25,26). The van der Waals surface area contributed by atoms with Gasteiger partial charge in [-0.2, -0.15) is 0 Å². The quantitative estimate of drug-likeness (QED) is 0.447. The number of thiazole rings is 1. The zero-order chi connectivity index (χ0) is 20.1. The Morgan fingerprint density at radius 2 is 1.90 bits per heavy atom. The zero-order valence-electron chi connectivity index (χ0n) is 15.9. The Labute approximate surface area is 172 Å². The second kappa shape index (κ2) is 8.75. The van der Waals surface area contributed by atoms with Crippen LogP contribution in [0.15, 0.2) is 72.2 Å². The van der Waals surface area contributed by atoms with Crippen LogP contribution in [0, 0.1) is 0 Å². The zero-order valence-corrected chi connectivity index (χ0v) is 16.7. The summed E-state index contributed by atoms with van der Waals surface area (Å²) in [4.78, 5) is 17.1. The Balaban J connectivity index is 1.49. The van der Waals surface area contributed by atoms with Crippen LogP contribution in [-0.4, -0.2) is 17.5 Å². The maximum Gasteiger partial charge on any atom is 0.278 e. The van der Waals surface area contributed by atoms with E-state index in [1.165, 1.54) is 11.3 Å². The minimum atomic E-state index is -0.159. The van der Waals surface area contributed by atoms with Crippen molar-refractivity contribution in [2.75, 3.05) is 6.61 Å². The molecule has 0 aliphatic carbocycles. The molecule has 0 aliphatic heterocycles. The lowest BCUT2D eigenvalue weighted by Gasteiger charge is -2.14. The van der Waals surface area contributed by atoms with Crippen molar-refractivity contribution in [3.8, 4) is 16.7 Å². The summed E-state index contributed by atoms with van der Waals surface area (Å²) in [7, 11) is 0. The van der Waals surface area contributed by atoms with Gasteiger partial charge in [-0.25, -0.2) is 4.98 Å². The summed E-state index contributed by atoms with van der Waals surface area (Å²) >= 11 is 1.44. The highest BCUT2D eigenvalue weighted by atomic mass is 32.1. The van der Waals surface area contributed by atoms with Gasteiger partial charge < -0.3 is 14.8 Å². The van der Waals surface area contributed by atoms with Crippen LogP contribution in [0.4, 0.5) is 0 Å². The van der Waals surface area contributed by atoms with Crippen LogP contribution in [0.25, 0.3) is 10.8 Å². The fourth-order valence-corrected chi connectivity index (χ4v) is 3.57. The number of nitrogens with one attached hydrogen (secondary N) is 1.